The van der Waals surface area contributed by atoms with Crippen LogP contribution < -0.4 is 4.90 Å². The van der Waals surface area contributed by atoms with Gasteiger partial charge in [-0.25, -0.2) is 13.5 Å². The minimum Gasteiger partial charge on any atom is -0.507 e. The zero-order chi connectivity index (χ0) is 21.3. The Balaban J connectivity index is 1.52. The number of alkyl halides is 2. The molecule has 1 aliphatic carbocycles. The van der Waals surface area contributed by atoms with Gasteiger partial charge in [0.25, 0.3) is 0 Å². The fourth-order valence-electron chi connectivity index (χ4n) is 3.79. The average Bonchev–Trinajstić information content (AvgIpc) is 3.22. The van der Waals surface area contributed by atoms with Crippen LogP contribution in [0.2, 0.25) is 0 Å². The van der Waals surface area contributed by atoms with Gasteiger partial charge in [0.1, 0.15) is 5.75 Å². The smallest absolute Gasteiger partial charge is 0.250 e. The van der Waals surface area contributed by atoms with Crippen LogP contribution in [0.3, 0.4) is 0 Å². The van der Waals surface area contributed by atoms with E-state index in [1.54, 1.807) is 40.9 Å². The van der Waals surface area contributed by atoms with E-state index < -0.39 is 5.92 Å². The zero-order valence-electron chi connectivity index (χ0n) is 17.0. The van der Waals surface area contributed by atoms with Crippen molar-refractivity contribution in [3.05, 3.63) is 42.2 Å². The molecule has 0 amide bonds. The summed E-state index contributed by atoms with van der Waals surface area (Å²) in [6, 6.07) is 8.36. The second-order valence-electron chi connectivity index (χ2n) is 7.70. The topological polar surface area (TPSA) is 80.0 Å². The molecule has 1 saturated carbocycles. The normalized spacial score (nSPS) is 18.3. The van der Waals surface area contributed by atoms with Crippen LogP contribution in [-0.4, -0.2) is 49.3 Å². The largest absolute Gasteiger partial charge is 0.507 e. The van der Waals surface area contributed by atoms with E-state index in [0.717, 1.165) is 12.1 Å². The maximum absolute atomic E-state index is 13.7. The fraction of sp³-hybridized carbons (Fsp3) is 0.429. The number of anilines is 1. The van der Waals surface area contributed by atoms with E-state index in [1.807, 2.05) is 19.2 Å². The van der Waals surface area contributed by atoms with Gasteiger partial charge in [-0.3, -0.25) is 0 Å². The third kappa shape index (κ3) is 4.10. The summed E-state index contributed by atoms with van der Waals surface area (Å²) in [6.45, 7) is 1.99. The molecule has 0 radical (unpaired) electrons. The summed E-state index contributed by atoms with van der Waals surface area (Å²) in [6.07, 6.45) is 3.58. The predicted octanol–water partition coefficient (Wildman–Crippen LogP) is 4.01. The van der Waals surface area contributed by atoms with Crippen molar-refractivity contribution in [3.8, 4) is 22.7 Å². The molecule has 7 nitrogen and oxygen atoms in total. The molecular weight excluding hydrogens is 390 g/mol. The number of phenols is 1. The molecule has 4 rings (SSSR count). The van der Waals surface area contributed by atoms with Crippen molar-refractivity contribution in [1.82, 2.24) is 25.2 Å². The van der Waals surface area contributed by atoms with Crippen molar-refractivity contribution in [2.45, 2.75) is 51.0 Å². The lowest BCUT2D eigenvalue weighted by Gasteiger charge is -2.35. The fourth-order valence-corrected chi connectivity index (χ4v) is 3.79. The Bertz CT molecular complexity index is 1020. The number of aromatic hydroxyl groups is 1. The zero-order valence-corrected chi connectivity index (χ0v) is 17.0. The highest BCUT2D eigenvalue weighted by molar-refractivity contribution is 5.69. The Morgan fingerprint density at radius 1 is 1.20 bits per heavy atom. The van der Waals surface area contributed by atoms with E-state index in [-0.39, 0.29) is 24.6 Å². The van der Waals surface area contributed by atoms with Crippen LogP contribution in [0, 0.1) is 0 Å². The standard InChI is InChI=1S/C21H24F2N6O/c1-3-14-13-29(27-24-14)15-6-7-17(19(30)11-15)18-8-9-20(26-25-18)28(2)16-5-4-10-21(22,23)12-16/h6-9,11,13,16,30H,3-5,10,12H2,1-2H3/t16-/m0/s1. The van der Waals surface area contributed by atoms with E-state index >= 15 is 0 Å². The second kappa shape index (κ2) is 7.97. The van der Waals surface area contributed by atoms with E-state index in [2.05, 4.69) is 20.5 Å². The maximum Gasteiger partial charge on any atom is 0.250 e. The molecular formula is C21H24F2N6O. The van der Waals surface area contributed by atoms with Crippen LogP contribution in [-0.2, 0) is 6.42 Å². The third-order valence-corrected chi connectivity index (χ3v) is 5.60. The molecule has 0 bridgehead atoms. The summed E-state index contributed by atoms with van der Waals surface area (Å²) in [7, 11) is 1.77. The van der Waals surface area contributed by atoms with Gasteiger partial charge in [-0.2, -0.15) is 0 Å². The van der Waals surface area contributed by atoms with E-state index in [0.29, 0.717) is 35.6 Å². The third-order valence-electron chi connectivity index (χ3n) is 5.60. The molecule has 9 heteroatoms. The van der Waals surface area contributed by atoms with Gasteiger partial charge in [0.15, 0.2) is 5.82 Å². The number of aryl methyl sites for hydroxylation is 1. The van der Waals surface area contributed by atoms with Gasteiger partial charge in [0.05, 0.1) is 23.3 Å². The highest BCUT2D eigenvalue weighted by Crippen LogP contribution is 2.36. The SMILES string of the molecule is CCc1cn(-c2ccc(-c3ccc(N(C)[C@H]4CCCC(F)(F)C4)nn3)c(O)c2)nn1. The molecule has 1 aliphatic rings. The van der Waals surface area contributed by atoms with Crippen molar-refractivity contribution in [3.63, 3.8) is 0 Å². The molecule has 0 aliphatic heterocycles. The Morgan fingerprint density at radius 3 is 2.67 bits per heavy atom. The molecule has 0 spiro atoms. The van der Waals surface area contributed by atoms with Crippen LogP contribution in [0.25, 0.3) is 16.9 Å². The summed E-state index contributed by atoms with van der Waals surface area (Å²) in [5.41, 5.74) is 2.57. The number of benzene rings is 1. The average molecular weight is 414 g/mol. The predicted molar refractivity (Wildman–Crippen MR) is 109 cm³/mol. The van der Waals surface area contributed by atoms with Crippen LogP contribution in [0.4, 0.5) is 14.6 Å². The lowest BCUT2D eigenvalue weighted by Crippen LogP contribution is -2.40. The summed E-state index contributed by atoms with van der Waals surface area (Å²) < 4.78 is 29.1. The lowest BCUT2D eigenvalue weighted by molar-refractivity contribution is -0.0401. The number of hydrogen-bond donors (Lipinski definition) is 1. The van der Waals surface area contributed by atoms with Gasteiger partial charge in [-0.05, 0) is 43.5 Å². The molecule has 1 N–H and O–H groups in total. The first kappa shape index (κ1) is 20.2. The summed E-state index contributed by atoms with van der Waals surface area (Å²) in [5.74, 6) is -2.05. The Labute approximate surface area is 173 Å². The first-order chi connectivity index (χ1) is 14.4. The van der Waals surface area contributed by atoms with Crippen molar-refractivity contribution < 1.29 is 13.9 Å². The van der Waals surface area contributed by atoms with E-state index in [9.17, 15) is 13.9 Å². The van der Waals surface area contributed by atoms with Gasteiger partial charge < -0.3 is 10.0 Å². The highest BCUT2D eigenvalue weighted by atomic mass is 19.3. The van der Waals surface area contributed by atoms with E-state index in [4.69, 9.17) is 0 Å². The van der Waals surface area contributed by atoms with Crippen molar-refractivity contribution >= 4 is 5.82 Å². The lowest BCUT2D eigenvalue weighted by atomic mass is 9.91. The summed E-state index contributed by atoms with van der Waals surface area (Å²) >= 11 is 0. The molecule has 3 aromatic rings. The van der Waals surface area contributed by atoms with Gasteiger partial charge >= 0.3 is 0 Å². The Kier molecular flexibility index (Phi) is 5.36. The monoisotopic (exact) mass is 414 g/mol. The van der Waals surface area contributed by atoms with E-state index in [1.165, 1.54) is 0 Å². The molecule has 0 unspecified atom stereocenters. The maximum atomic E-state index is 13.7. The van der Waals surface area contributed by atoms with Crippen LogP contribution >= 0.6 is 0 Å². The summed E-state index contributed by atoms with van der Waals surface area (Å²) in [4.78, 5) is 1.77. The number of aromatic nitrogens is 5. The Morgan fingerprint density at radius 2 is 2.03 bits per heavy atom. The number of phenolic OH excluding ortho intramolecular Hbond substituents is 1. The minimum absolute atomic E-state index is 0.0448. The summed E-state index contributed by atoms with van der Waals surface area (Å²) in [5, 5.41) is 27.0. The second-order valence-corrected chi connectivity index (χ2v) is 7.70. The van der Waals surface area contributed by atoms with Crippen LogP contribution in [0.1, 0.15) is 38.3 Å². The number of halogens is 2. The first-order valence-corrected chi connectivity index (χ1v) is 10.1. The van der Waals surface area contributed by atoms with Gasteiger partial charge in [-0.1, -0.05) is 12.1 Å². The molecule has 158 valence electrons. The molecule has 2 heterocycles. The molecule has 30 heavy (non-hydrogen) atoms. The van der Waals surface area contributed by atoms with Crippen LogP contribution in [0.5, 0.6) is 5.75 Å². The van der Waals surface area contributed by atoms with Gasteiger partial charge in [0, 0.05) is 37.6 Å². The molecule has 1 fully saturated rings. The van der Waals surface area contributed by atoms with Crippen molar-refractivity contribution in [2.75, 3.05) is 11.9 Å². The number of rotatable bonds is 5. The molecule has 1 atom stereocenters. The number of nitrogens with zero attached hydrogens (tertiary/aromatic N) is 6. The van der Waals surface area contributed by atoms with Crippen molar-refractivity contribution in [1.29, 1.82) is 0 Å². The molecule has 1 aromatic carbocycles. The van der Waals surface area contributed by atoms with Crippen LogP contribution in [0.15, 0.2) is 36.5 Å². The Hall–Kier alpha value is -3.10. The minimum atomic E-state index is -2.62. The van der Waals surface area contributed by atoms with Gasteiger partial charge in [-0.15, -0.1) is 15.3 Å². The first-order valence-electron chi connectivity index (χ1n) is 10.1. The number of hydrogen-bond acceptors (Lipinski definition) is 6. The quantitative estimate of drug-likeness (QED) is 0.680. The highest BCUT2D eigenvalue weighted by Gasteiger charge is 2.38. The van der Waals surface area contributed by atoms with Gasteiger partial charge in [0.2, 0.25) is 5.92 Å². The molecule has 0 saturated heterocycles. The van der Waals surface area contributed by atoms with Crippen molar-refractivity contribution in [2.24, 2.45) is 0 Å². The molecule has 2 aromatic heterocycles.